The molecule has 0 bridgehead atoms. The van der Waals surface area contributed by atoms with E-state index in [1.54, 1.807) is 26.4 Å². The van der Waals surface area contributed by atoms with Gasteiger partial charge in [-0.2, -0.15) is 0 Å². The molecular weight excluding hydrogens is 369 g/mol. The maximum absolute atomic E-state index is 13.1. The Labute approximate surface area is 171 Å². The summed E-state index contributed by atoms with van der Waals surface area (Å²) >= 11 is 0. The number of hydrogen-bond acceptors (Lipinski definition) is 4. The Hall–Kier alpha value is -3.05. The Kier molecular flexibility index (Phi) is 7.47. The first-order valence-corrected chi connectivity index (χ1v) is 9.56. The second-order valence-corrected chi connectivity index (χ2v) is 6.64. The second-order valence-electron chi connectivity index (χ2n) is 6.64. The molecule has 0 atom stereocenters. The molecular formula is C24H26FNO3. The molecule has 0 heterocycles. The third-order valence-electron chi connectivity index (χ3n) is 4.64. The number of methoxy groups -OCH3 is 2. The lowest BCUT2D eigenvalue weighted by molar-refractivity contribution is 0.280. The maximum atomic E-state index is 13.1. The predicted octanol–water partition coefficient (Wildman–Crippen LogP) is 4.75. The van der Waals surface area contributed by atoms with Gasteiger partial charge < -0.3 is 19.5 Å². The van der Waals surface area contributed by atoms with Gasteiger partial charge in [-0.15, -0.1) is 0 Å². The summed E-state index contributed by atoms with van der Waals surface area (Å²) in [6, 6.07) is 20.2. The summed E-state index contributed by atoms with van der Waals surface area (Å²) in [7, 11) is 3.29. The molecule has 0 unspecified atom stereocenters. The summed E-state index contributed by atoms with van der Waals surface area (Å²) in [6.45, 7) is 1.84. The van der Waals surface area contributed by atoms with Gasteiger partial charge in [0.25, 0.3) is 0 Å². The highest BCUT2D eigenvalue weighted by molar-refractivity contribution is 5.46. The lowest BCUT2D eigenvalue weighted by Gasteiger charge is -2.16. The zero-order valence-electron chi connectivity index (χ0n) is 16.8. The minimum Gasteiger partial charge on any atom is -0.497 e. The largest absolute Gasteiger partial charge is 0.497 e. The summed E-state index contributed by atoms with van der Waals surface area (Å²) in [5.41, 5.74) is 3.16. The van der Waals surface area contributed by atoms with Crippen LogP contribution >= 0.6 is 0 Å². The smallest absolute Gasteiger partial charge is 0.166 e. The van der Waals surface area contributed by atoms with E-state index >= 15 is 0 Å². The van der Waals surface area contributed by atoms with E-state index in [2.05, 4.69) is 17.4 Å². The highest BCUT2D eigenvalue weighted by Crippen LogP contribution is 2.31. The van der Waals surface area contributed by atoms with Crippen LogP contribution in [0, 0.1) is 5.82 Å². The topological polar surface area (TPSA) is 39.7 Å². The Bertz CT molecular complexity index is 895. The van der Waals surface area contributed by atoms with Gasteiger partial charge >= 0.3 is 0 Å². The molecule has 0 aliphatic rings. The van der Waals surface area contributed by atoms with Crippen LogP contribution in [0.15, 0.2) is 66.7 Å². The van der Waals surface area contributed by atoms with Crippen molar-refractivity contribution in [1.82, 2.24) is 5.32 Å². The van der Waals surface area contributed by atoms with Gasteiger partial charge in [0.1, 0.15) is 18.2 Å². The number of nitrogens with one attached hydrogen (secondary N) is 1. The van der Waals surface area contributed by atoms with E-state index in [1.165, 1.54) is 17.7 Å². The van der Waals surface area contributed by atoms with Crippen molar-refractivity contribution in [3.8, 4) is 17.2 Å². The molecule has 152 valence electrons. The molecule has 0 saturated carbocycles. The third kappa shape index (κ3) is 5.96. The van der Waals surface area contributed by atoms with Crippen molar-refractivity contribution in [2.24, 2.45) is 0 Å². The Morgan fingerprint density at radius 3 is 2.24 bits per heavy atom. The van der Waals surface area contributed by atoms with Gasteiger partial charge in [0.05, 0.1) is 14.2 Å². The van der Waals surface area contributed by atoms with Crippen LogP contribution in [0.5, 0.6) is 17.2 Å². The number of ether oxygens (including phenoxy) is 3. The van der Waals surface area contributed by atoms with E-state index in [0.717, 1.165) is 29.8 Å². The van der Waals surface area contributed by atoms with Crippen molar-refractivity contribution in [2.45, 2.75) is 19.6 Å². The molecule has 0 aromatic heterocycles. The Balaban J connectivity index is 1.58. The van der Waals surface area contributed by atoms with Crippen molar-refractivity contribution in [3.05, 3.63) is 89.2 Å². The molecule has 1 N–H and O–H groups in total. The molecule has 0 radical (unpaired) electrons. The van der Waals surface area contributed by atoms with Gasteiger partial charge in [-0.1, -0.05) is 36.4 Å². The summed E-state index contributed by atoms with van der Waals surface area (Å²) < 4.78 is 29.8. The molecule has 3 aromatic carbocycles. The molecule has 0 saturated heterocycles. The summed E-state index contributed by atoms with van der Waals surface area (Å²) in [5, 5.41) is 3.46. The predicted molar refractivity (Wildman–Crippen MR) is 112 cm³/mol. The van der Waals surface area contributed by atoms with Crippen molar-refractivity contribution in [3.63, 3.8) is 0 Å². The van der Waals surface area contributed by atoms with Crippen molar-refractivity contribution in [2.75, 3.05) is 20.8 Å². The molecule has 0 amide bonds. The summed E-state index contributed by atoms with van der Waals surface area (Å²) in [4.78, 5) is 0. The molecule has 3 rings (SSSR count). The van der Waals surface area contributed by atoms with Gasteiger partial charge in [0.2, 0.25) is 0 Å². The number of benzene rings is 3. The van der Waals surface area contributed by atoms with Crippen LogP contribution < -0.4 is 19.5 Å². The van der Waals surface area contributed by atoms with Crippen LogP contribution in [0.1, 0.15) is 16.7 Å². The van der Waals surface area contributed by atoms with E-state index in [4.69, 9.17) is 14.2 Å². The normalized spacial score (nSPS) is 10.6. The minimum absolute atomic E-state index is 0.257. The van der Waals surface area contributed by atoms with Gasteiger partial charge in [-0.25, -0.2) is 4.39 Å². The monoisotopic (exact) mass is 395 g/mol. The fourth-order valence-electron chi connectivity index (χ4n) is 3.01. The summed E-state index contributed by atoms with van der Waals surface area (Å²) in [5.74, 6) is 1.99. The Morgan fingerprint density at radius 1 is 0.828 bits per heavy atom. The maximum Gasteiger partial charge on any atom is 0.166 e. The van der Waals surface area contributed by atoms with Crippen LogP contribution in [-0.2, 0) is 19.6 Å². The van der Waals surface area contributed by atoms with Crippen LogP contribution in [-0.4, -0.2) is 20.8 Å². The molecule has 0 aliphatic carbocycles. The van der Waals surface area contributed by atoms with Gasteiger partial charge in [0.15, 0.2) is 11.5 Å². The number of hydrogen-bond donors (Lipinski definition) is 1. The van der Waals surface area contributed by atoms with Crippen molar-refractivity contribution < 1.29 is 18.6 Å². The number of rotatable bonds is 10. The first-order valence-electron chi connectivity index (χ1n) is 9.56. The van der Waals surface area contributed by atoms with Gasteiger partial charge in [-0.3, -0.25) is 0 Å². The third-order valence-corrected chi connectivity index (χ3v) is 4.64. The fraction of sp³-hybridized carbons (Fsp3) is 0.250. The molecule has 29 heavy (non-hydrogen) atoms. The molecule has 0 fully saturated rings. The first kappa shape index (κ1) is 20.7. The van der Waals surface area contributed by atoms with Crippen molar-refractivity contribution >= 4 is 0 Å². The second kappa shape index (κ2) is 10.5. The minimum atomic E-state index is -0.257. The molecule has 5 heteroatoms. The van der Waals surface area contributed by atoms with E-state index in [0.29, 0.717) is 24.7 Å². The molecule has 4 nitrogen and oxygen atoms in total. The highest BCUT2D eigenvalue weighted by Gasteiger charge is 2.11. The van der Waals surface area contributed by atoms with E-state index in [9.17, 15) is 4.39 Å². The van der Waals surface area contributed by atoms with Gasteiger partial charge in [-0.05, 0) is 54.4 Å². The molecule has 0 aliphatic heterocycles. The molecule has 0 spiro atoms. The summed E-state index contributed by atoms with van der Waals surface area (Å²) in [6.07, 6.45) is 0.916. The zero-order chi connectivity index (χ0) is 20.5. The van der Waals surface area contributed by atoms with Crippen LogP contribution in [0.25, 0.3) is 0 Å². The van der Waals surface area contributed by atoms with Gasteiger partial charge in [0, 0.05) is 12.1 Å². The zero-order valence-corrected chi connectivity index (χ0v) is 16.8. The lowest BCUT2D eigenvalue weighted by Crippen LogP contribution is -2.17. The highest BCUT2D eigenvalue weighted by atomic mass is 19.1. The van der Waals surface area contributed by atoms with Crippen LogP contribution in [0.2, 0.25) is 0 Å². The average Bonchev–Trinajstić information content (AvgIpc) is 2.77. The average molecular weight is 395 g/mol. The quantitative estimate of drug-likeness (QED) is 0.503. The van der Waals surface area contributed by atoms with Crippen molar-refractivity contribution in [1.29, 1.82) is 0 Å². The number of halogens is 1. The lowest BCUT2D eigenvalue weighted by atomic mass is 10.1. The standard InChI is InChI=1S/C24H26FNO3/c1-27-22-12-8-18(9-13-22)14-15-26-16-20-4-3-5-23(28-2)24(20)29-17-19-6-10-21(25)11-7-19/h3-13,26H,14-17H2,1-2H3. The fourth-order valence-corrected chi connectivity index (χ4v) is 3.01. The van der Waals surface area contributed by atoms with E-state index < -0.39 is 0 Å². The van der Waals surface area contributed by atoms with Crippen LogP contribution in [0.4, 0.5) is 4.39 Å². The van der Waals surface area contributed by atoms with Crippen LogP contribution in [0.3, 0.4) is 0 Å². The number of para-hydroxylation sites is 1. The van der Waals surface area contributed by atoms with E-state index in [1.807, 2.05) is 30.3 Å². The molecule has 3 aromatic rings. The first-order chi connectivity index (χ1) is 14.2. The SMILES string of the molecule is COc1ccc(CCNCc2cccc(OC)c2OCc2ccc(F)cc2)cc1. The van der Waals surface area contributed by atoms with E-state index in [-0.39, 0.29) is 5.82 Å². The Morgan fingerprint density at radius 2 is 1.55 bits per heavy atom.